The van der Waals surface area contributed by atoms with Crippen molar-refractivity contribution in [2.75, 3.05) is 6.61 Å². The molecule has 0 aromatic rings. The van der Waals surface area contributed by atoms with Gasteiger partial charge in [-0.1, -0.05) is 67.7 Å². The van der Waals surface area contributed by atoms with E-state index in [2.05, 4.69) is 38.3 Å². The van der Waals surface area contributed by atoms with E-state index in [-0.39, 0.29) is 11.1 Å². The van der Waals surface area contributed by atoms with Gasteiger partial charge < -0.3 is 14.9 Å². The number of carboxylic acid groups (broad SMARTS) is 2. The van der Waals surface area contributed by atoms with Crippen LogP contribution < -0.4 is 10.6 Å². The number of ether oxygens (including phenoxy) is 1. The molecule has 0 spiro atoms. The fourth-order valence-electron chi connectivity index (χ4n) is 4.12. The predicted molar refractivity (Wildman–Crippen MR) is 114 cm³/mol. The topological polar surface area (TPSA) is 108 Å². The summed E-state index contributed by atoms with van der Waals surface area (Å²) in [5.74, 6) is -0.413. The molecule has 2 atom stereocenters. The molecular formula is C22H38N2O5. The van der Waals surface area contributed by atoms with Gasteiger partial charge in [0.2, 0.25) is 0 Å². The minimum atomic E-state index is -1.24. The van der Waals surface area contributed by atoms with Crippen molar-refractivity contribution in [3.05, 3.63) is 23.5 Å². The molecule has 7 nitrogen and oxygen atoms in total. The summed E-state index contributed by atoms with van der Waals surface area (Å²) in [6.07, 6.45) is 5.31. The summed E-state index contributed by atoms with van der Waals surface area (Å²) in [5.41, 5.74) is -1.04. The Balaban J connectivity index is 3.51. The van der Waals surface area contributed by atoms with E-state index in [0.29, 0.717) is 12.3 Å². The van der Waals surface area contributed by atoms with Crippen LogP contribution in [0.4, 0.5) is 9.59 Å². The first-order chi connectivity index (χ1) is 13.3. The molecule has 0 heterocycles. The molecule has 1 rings (SSSR count). The second-order valence-electron chi connectivity index (χ2n) is 9.77. The molecule has 0 aromatic carbocycles. The largest absolute Gasteiger partial charge is 0.465 e. The van der Waals surface area contributed by atoms with E-state index in [1.807, 2.05) is 26.8 Å². The Kier molecular flexibility index (Phi) is 8.33. The molecule has 166 valence electrons. The molecular weight excluding hydrogens is 372 g/mol. The third-order valence-electron chi connectivity index (χ3n) is 5.37. The molecule has 1 aliphatic rings. The quantitative estimate of drug-likeness (QED) is 0.404. The molecule has 2 unspecified atom stereocenters. The summed E-state index contributed by atoms with van der Waals surface area (Å²) in [7, 11) is 0. The molecule has 0 bridgehead atoms. The van der Waals surface area contributed by atoms with Crippen LogP contribution in [0.5, 0.6) is 0 Å². The summed E-state index contributed by atoms with van der Waals surface area (Å²) in [4.78, 5) is 22.9. The standard InChI is InChI=1S/C22H38N2O5/c1-8-9-10-11-14-29-22(21(5,6)7)13-12-15(23-18(25)26)16(24-19(27)28)17(22)20(2,3)4/h12-13,17,23-24H,8-11,14H2,1-7H3,(H,25,26)(H,27,28). The molecule has 0 saturated heterocycles. The lowest BCUT2D eigenvalue weighted by Crippen LogP contribution is -2.58. The number of hydrogen-bond acceptors (Lipinski definition) is 3. The fraction of sp³-hybridized carbons (Fsp3) is 0.727. The molecule has 1 aliphatic carbocycles. The van der Waals surface area contributed by atoms with Crippen molar-refractivity contribution < 1.29 is 24.5 Å². The Labute approximate surface area is 174 Å². The maximum absolute atomic E-state index is 11.6. The molecule has 4 N–H and O–H groups in total. The highest BCUT2D eigenvalue weighted by molar-refractivity contribution is 5.71. The zero-order valence-corrected chi connectivity index (χ0v) is 18.9. The fourth-order valence-corrected chi connectivity index (χ4v) is 4.12. The van der Waals surface area contributed by atoms with E-state index in [0.717, 1.165) is 25.7 Å². The molecule has 0 aromatic heterocycles. The molecule has 0 saturated carbocycles. The third-order valence-corrected chi connectivity index (χ3v) is 5.37. The predicted octanol–water partition coefficient (Wildman–Crippen LogP) is 5.35. The molecule has 0 radical (unpaired) electrons. The van der Waals surface area contributed by atoms with E-state index < -0.39 is 29.1 Å². The van der Waals surface area contributed by atoms with Crippen LogP contribution in [0.25, 0.3) is 0 Å². The SMILES string of the molecule is CCCCCCOC1(C(C)(C)C)C=CC(NC(=O)O)=C(NC(=O)O)C1C(C)(C)C. The number of unbranched alkanes of at least 4 members (excludes halogenated alkanes) is 3. The summed E-state index contributed by atoms with van der Waals surface area (Å²) in [5, 5.41) is 23.5. The second kappa shape index (κ2) is 9.65. The van der Waals surface area contributed by atoms with E-state index >= 15 is 0 Å². The molecule has 2 amide bonds. The highest BCUT2D eigenvalue weighted by atomic mass is 16.5. The van der Waals surface area contributed by atoms with Gasteiger partial charge in [-0.05, 0) is 29.4 Å². The minimum absolute atomic E-state index is 0.231. The first-order valence-corrected chi connectivity index (χ1v) is 10.3. The van der Waals surface area contributed by atoms with Crippen molar-refractivity contribution in [2.24, 2.45) is 16.7 Å². The van der Waals surface area contributed by atoms with Gasteiger partial charge >= 0.3 is 12.2 Å². The number of hydrogen-bond donors (Lipinski definition) is 4. The number of nitrogens with one attached hydrogen (secondary N) is 2. The summed E-state index contributed by atoms with van der Waals surface area (Å²) < 4.78 is 6.56. The zero-order valence-electron chi connectivity index (χ0n) is 18.9. The third kappa shape index (κ3) is 6.23. The van der Waals surface area contributed by atoms with Gasteiger partial charge in [0.05, 0.1) is 11.4 Å². The summed E-state index contributed by atoms with van der Waals surface area (Å²) >= 11 is 0. The van der Waals surface area contributed by atoms with Crippen LogP contribution >= 0.6 is 0 Å². The lowest BCUT2D eigenvalue weighted by atomic mass is 9.58. The Morgan fingerprint density at radius 1 is 1.03 bits per heavy atom. The molecule has 7 heteroatoms. The van der Waals surface area contributed by atoms with Crippen molar-refractivity contribution in [2.45, 2.75) is 79.8 Å². The van der Waals surface area contributed by atoms with Gasteiger partial charge in [-0.3, -0.25) is 10.6 Å². The van der Waals surface area contributed by atoms with Gasteiger partial charge in [-0.25, -0.2) is 9.59 Å². The zero-order chi connectivity index (χ0) is 22.5. The van der Waals surface area contributed by atoms with Gasteiger partial charge in [0.1, 0.15) is 5.60 Å². The highest BCUT2D eigenvalue weighted by Gasteiger charge is 2.55. The normalized spacial score (nSPS) is 22.5. The van der Waals surface area contributed by atoms with Crippen LogP contribution in [0, 0.1) is 16.7 Å². The maximum atomic E-state index is 11.6. The van der Waals surface area contributed by atoms with Gasteiger partial charge in [0.15, 0.2) is 0 Å². The molecule has 29 heavy (non-hydrogen) atoms. The van der Waals surface area contributed by atoms with E-state index in [1.165, 1.54) is 0 Å². The van der Waals surface area contributed by atoms with E-state index in [9.17, 15) is 19.8 Å². The van der Waals surface area contributed by atoms with Crippen LogP contribution in [0.2, 0.25) is 0 Å². The highest BCUT2D eigenvalue weighted by Crippen LogP contribution is 2.53. The monoisotopic (exact) mass is 410 g/mol. The van der Waals surface area contributed by atoms with E-state index in [1.54, 1.807) is 6.08 Å². The van der Waals surface area contributed by atoms with Crippen molar-refractivity contribution in [3.63, 3.8) is 0 Å². The number of amides is 2. The first-order valence-electron chi connectivity index (χ1n) is 10.3. The first kappa shape index (κ1) is 25.0. The Morgan fingerprint density at radius 3 is 2.07 bits per heavy atom. The van der Waals surface area contributed by atoms with Crippen molar-refractivity contribution in [1.82, 2.24) is 10.6 Å². The summed E-state index contributed by atoms with van der Waals surface area (Å²) in [6, 6.07) is 0. The van der Waals surface area contributed by atoms with Crippen molar-refractivity contribution in [1.29, 1.82) is 0 Å². The van der Waals surface area contributed by atoms with Crippen LogP contribution in [-0.2, 0) is 4.74 Å². The number of rotatable bonds is 8. The van der Waals surface area contributed by atoms with Crippen molar-refractivity contribution in [3.8, 4) is 0 Å². The van der Waals surface area contributed by atoms with Crippen LogP contribution in [0.1, 0.15) is 74.1 Å². The Bertz CT molecular complexity index is 655. The smallest absolute Gasteiger partial charge is 0.409 e. The average molecular weight is 411 g/mol. The second-order valence-corrected chi connectivity index (χ2v) is 9.77. The van der Waals surface area contributed by atoms with Gasteiger partial charge in [-0.15, -0.1) is 0 Å². The Hall–Kier alpha value is -2.02. The lowest BCUT2D eigenvalue weighted by molar-refractivity contribution is -0.137. The minimum Gasteiger partial charge on any atom is -0.465 e. The molecule has 0 fully saturated rings. The number of allylic oxidation sites excluding steroid dienone is 1. The molecule has 0 aliphatic heterocycles. The van der Waals surface area contributed by atoms with Crippen LogP contribution in [-0.4, -0.2) is 34.6 Å². The van der Waals surface area contributed by atoms with Crippen LogP contribution in [0.3, 0.4) is 0 Å². The Morgan fingerprint density at radius 2 is 1.62 bits per heavy atom. The van der Waals surface area contributed by atoms with Gasteiger partial charge in [-0.2, -0.15) is 0 Å². The van der Waals surface area contributed by atoms with E-state index in [4.69, 9.17) is 4.74 Å². The average Bonchev–Trinajstić information content (AvgIpc) is 2.53. The van der Waals surface area contributed by atoms with Crippen molar-refractivity contribution >= 4 is 12.2 Å². The summed E-state index contributed by atoms with van der Waals surface area (Å²) in [6.45, 7) is 14.9. The van der Waals surface area contributed by atoms with Gasteiger partial charge in [0, 0.05) is 12.5 Å². The number of carbonyl (C=O) groups is 2. The van der Waals surface area contributed by atoms with Crippen LogP contribution in [0.15, 0.2) is 23.5 Å². The lowest BCUT2D eigenvalue weighted by Gasteiger charge is -2.54. The maximum Gasteiger partial charge on any atom is 0.409 e. The van der Waals surface area contributed by atoms with Gasteiger partial charge in [0.25, 0.3) is 0 Å².